The fraction of sp³-hybridized carbons (Fsp3) is 0.870. The second-order valence-corrected chi connectivity index (χ2v) is 10.6. The monoisotopic (exact) mass is 390 g/mol. The number of carbonyl (C=O) groups excluding carboxylic acids is 3. The average molecular weight is 391 g/mol. The second kappa shape index (κ2) is 6.65. The molecular weight excluding hydrogens is 356 g/mol. The summed E-state index contributed by atoms with van der Waals surface area (Å²) in [6, 6.07) is 0. The second-order valence-electron chi connectivity index (χ2n) is 10.6. The Labute approximate surface area is 167 Å². The molecule has 8 atom stereocenters. The molecule has 0 bridgehead atoms. The van der Waals surface area contributed by atoms with E-state index in [1.165, 1.54) is 6.92 Å². The van der Waals surface area contributed by atoms with Gasteiger partial charge in [0.05, 0.1) is 6.61 Å². The number of ether oxygens (including phenoxy) is 1. The van der Waals surface area contributed by atoms with Crippen LogP contribution in [-0.2, 0) is 19.1 Å². The molecule has 0 saturated heterocycles. The van der Waals surface area contributed by atoms with Gasteiger partial charge in [-0.05, 0) is 80.5 Å². The van der Waals surface area contributed by atoms with Crippen molar-refractivity contribution in [2.24, 2.45) is 40.4 Å². The zero-order chi connectivity index (χ0) is 20.3. The first-order valence-electron chi connectivity index (χ1n) is 11.0. The molecule has 4 saturated carbocycles. The summed E-state index contributed by atoms with van der Waals surface area (Å²) >= 11 is 0. The maximum Gasteiger partial charge on any atom is 0.293 e. The number of rotatable bonds is 4. The third-order valence-electron chi connectivity index (χ3n) is 9.67. The number of fused-ring (bicyclic) bond motifs is 5. The number of hydrogen-bond acceptors (Lipinski definition) is 5. The van der Waals surface area contributed by atoms with E-state index in [0.29, 0.717) is 68.2 Å². The van der Waals surface area contributed by atoms with E-state index in [1.807, 2.05) is 0 Å². The van der Waals surface area contributed by atoms with Gasteiger partial charge >= 0.3 is 0 Å². The van der Waals surface area contributed by atoms with Gasteiger partial charge in [0.15, 0.2) is 5.78 Å². The van der Waals surface area contributed by atoms with Gasteiger partial charge in [-0.1, -0.05) is 13.8 Å². The van der Waals surface area contributed by atoms with Crippen LogP contribution in [0.2, 0.25) is 0 Å². The zero-order valence-electron chi connectivity index (χ0n) is 17.4. The summed E-state index contributed by atoms with van der Waals surface area (Å²) in [5.74, 6) is 1.90. The third-order valence-corrected chi connectivity index (χ3v) is 9.67. The van der Waals surface area contributed by atoms with Crippen LogP contribution >= 0.6 is 0 Å². The Bertz CT molecular complexity index is 688. The Morgan fingerprint density at radius 2 is 2.00 bits per heavy atom. The van der Waals surface area contributed by atoms with Crippen LogP contribution < -0.4 is 0 Å². The van der Waals surface area contributed by atoms with E-state index in [-0.39, 0.29) is 17.1 Å². The molecule has 3 unspecified atom stereocenters. The van der Waals surface area contributed by atoms with Crippen molar-refractivity contribution in [1.29, 1.82) is 0 Å². The first kappa shape index (κ1) is 20.1. The number of carbonyl (C=O) groups is 3. The lowest BCUT2D eigenvalue weighted by atomic mass is 9.42. The molecule has 4 fully saturated rings. The molecule has 0 heterocycles. The summed E-state index contributed by atoms with van der Waals surface area (Å²) in [5, 5.41) is 11.4. The Hall–Kier alpha value is -1.23. The number of Topliss-reactive ketones (excluding diaryl/α,β-unsaturated/α-hetero) is 2. The molecule has 0 aromatic heterocycles. The standard InChI is InChI=1S/C23H34O5/c1-14(25)23(27)9-7-19-18-5-4-16-10-17(26)6-8-21(16,2)20(18)15(12-28-13-24)11-22(19,23)3/h13,15-16,18-20,27H,4-12H2,1-3H3/t15-,16+,18?,19?,20?,21-,22-,23-/m0/s1. The van der Waals surface area contributed by atoms with Crippen LogP contribution in [0, 0.1) is 40.4 Å². The molecule has 5 heteroatoms. The molecule has 0 aromatic rings. The average Bonchev–Trinajstić information content (AvgIpc) is 2.92. The molecule has 5 nitrogen and oxygen atoms in total. The van der Waals surface area contributed by atoms with Crippen molar-refractivity contribution in [1.82, 2.24) is 0 Å². The molecule has 28 heavy (non-hydrogen) atoms. The van der Waals surface area contributed by atoms with E-state index in [0.717, 1.165) is 25.7 Å². The van der Waals surface area contributed by atoms with Gasteiger partial charge < -0.3 is 9.84 Å². The highest BCUT2D eigenvalue weighted by Crippen LogP contribution is 2.69. The molecule has 0 radical (unpaired) electrons. The van der Waals surface area contributed by atoms with E-state index in [4.69, 9.17) is 4.74 Å². The van der Waals surface area contributed by atoms with Gasteiger partial charge in [0.25, 0.3) is 6.47 Å². The third kappa shape index (κ3) is 2.57. The predicted octanol–water partition coefficient (Wildman–Crippen LogP) is 3.32. The van der Waals surface area contributed by atoms with E-state index >= 15 is 0 Å². The van der Waals surface area contributed by atoms with Gasteiger partial charge in [-0.15, -0.1) is 0 Å². The van der Waals surface area contributed by atoms with Crippen LogP contribution in [0.3, 0.4) is 0 Å². The van der Waals surface area contributed by atoms with Gasteiger partial charge in [-0.2, -0.15) is 0 Å². The zero-order valence-corrected chi connectivity index (χ0v) is 17.4. The number of aliphatic hydroxyl groups is 1. The Morgan fingerprint density at radius 1 is 1.25 bits per heavy atom. The Morgan fingerprint density at radius 3 is 2.68 bits per heavy atom. The molecule has 4 aliphatic rings. The molecule has 1 N–H and O–H groups in total. The number of hydrogen-bond donors (Lipinski definition) is 1. The van der Waals surface area contributed by atoms with Gasteiger partial charge in [0, 0.05) is 18.3 Å². The minimum absolute atomic E-state index is 0.0754. The SMILES string of the molecule is CC(=O)[C@@]1(O)CCC2C3CC[C@@H]4CC(=O)CC[C@]4(C)C3[C@H](COC=O)C[C@@]21C. The van der Waals surface area contributed by atoms with Gasteiger partial charge in [-0.25, -0.2) is 0 Å². The first-order chi connectivity index (χ1) is 13.2. The predicted molar refractivity (Wildman–Crippen MR) is 103 cm³/mol. The molecule has 0 aliphatic heterocycles. The van der Waals surface area contributed by atoms with E-state index in [1.54, 1.807) is 0 Å². The largest absolute Gasteiger partial charge is 0.468 e. The van der Waals surface area contributed by atoms with Gasteiger partial charge in [-0.3, -0.25) is 14.4 Å². The van der Waals surface area contributed by atoms with Crippen molar-refractivity contribution in [3.05, 3.63) is 0 Å². The van der Waals surface area contributed by atoms with Crippen LogP contribution in [0.1, 0.15) is 72.1 Å². The van der Waals surface area contributed by atoms with Crippen molar-refractivity contribution in [3.8, 4) is 0 Å². The summed E-state index contributed by atoms with van der Waals surface area (Å²) in [7, 11) is 0. The summed E-state index contributed by atoms with van der Waals surface area (Å²) in [6.07, 6.45) is 6.47. The lowest BCUT2D eigenvalue weighted by Crippen LogP contribution is -2.61. The molecule has 4 aliphatic carbocycles. The smallest absolute Gasteiger partial charge is 0.293 e. The van der Waals surface area contributed by atoms with Crippen molar-refractivity contribution >= 4 is 18.0 Å². The molecule has 156 valence electrons. The van der Waals surface area contributed by atoms with Crippen molar-refractivity contribution in [2.75, 3.05) is 6.61 Å². The molecule has 0 aromatic carbocycles. The van der Waals surface area contributed by atoms with Gasteiger partial charge in [0.1, 0.15) is 11.4 Å². The maximum atomic E-state index is 12.5. The van der Waals surface area contributed by atoms with E-state index < -0.39 is 11.0 Å². The fourth-order valence-corrected chi connectivity index (χ4v) is 8.35. The van der Waals surface area contributed by atoms with Crippen LogP contribution in [0.25, 0.3) is 0 Å². The van der Waals surface area contributed by atoms with Crippen molar-refractivity contribution in [3.63, 3.8) is 0 Å². The van der Waals surface area contributed by atoms with Crippen LogP contribution in [0.5, 0.6) is 0 Å². The highest BCUT2D eigenvalue weighted by atomic mass is 16.5. The number of ketones is 2. The summed E-state index contributed by atoms with van der Waals surface area (Å²) in [4.78, 5) is 35.6. The lowest BCUT2D eigenvalue weighted by molar-refractivity contribution is -0.189. The highest BCUT2D eigenvalue weighted by molar-refractivity contribution is 5.86. The van der Waals surface area contributed by atoms with Crippen LogP contribution in [0.15, 0.2) is 0 Å². The Kier molecular flexibility index (Phi) is 4.76. The van der Waals surface area contributed by atoms with Crippen LogP contribution in [-0.4, -0.2) is 35.4 Å². The lowest BCUT2D eigenvalue weighted by Gasteiger charge is -2.63. The normalized spacial score (nSPS) is 50.3. The quantitative estimate of drug-likeness (QED) is 0.745. The molecular formula is C23H34O5. The van der Waals surface area contributed by atoms with Crippen molar-refractivity contribution < 1.29 is 24.2 Å². The maximum absolute atomic E-state index is 12.5. The summed E-state index contributed by atoms with van der Waals surface area (Å²) in [6.45, 7) is 6.82. The molecule has 0 spiro atoms. The van der Waals surface area contributed by atoms with Crippen LogP contribution in [0.4, 0.5) is 0 Å². The minimum atomic E-state index is -1.28. The van der Waals surface area contributed by atoms with Crippen molar-refractivity contribution in [2.45, 2.75) is 77.7 Å². The summed E-state index contributed by atoms with van der Waals surface area (Å²) in [5.41, 5.74) is -1.67. The summed E-state index contributed by atoms with van der Waals surface area (Å²) < 4.78 is 5.28. The topological polar surface area (TPSA) is 80.7 Å². The fourth-order valence-electron chi connectivity index (χ4n) is 8.35. The minimum Gasteiger partial charge on any atom is -0.468 e. The first-order valence-corrected chi connectivity index (χ1v) is 11.0. The van der Waals surface area contributed by atoms with E-state index in [2.05, 4.69) is 13.8 Å². The highest BCUT2D eigenvalue weighted by Gasteiger charge is 2.68. The Balaban J connectivity index is 1.74. The molecule has 0 amide bonds. The van der Waals surface area contributed by atoms with Gasteiger partial charge in [0.2, 0.25) is 0 Å². The molecule has 4 rings (SSSR count). The van der Waals surface area contributed by atoms with E-state index in [9.17, 15) is 19.5 Å².